The number of benzene rings is 1. The largest absolute Gasteiger partial charge is 0.371 e. The van der Waals surface area contributed by atoms with Gasteiger partial charge in [0.05, 0.1) is 5.41 Å². The number of carbonyl (C=O) groups excluding carboxylic acids is 1. The summed E-state index contributed by atoms with van der Waals surface area (Å²) in [7, 11) is 0. The molecule has 5 heteroatoms. The molecule has 162 valence electrons. The number of hydrogen-bond acceptors (Lipinski definition) is 3. The topological polar surface area (TPSA) is 52.2 Å². The number of likely N-dealkylation sites (tertiary alicyclic amines) is 1. The Kier molecular flexibility index (Phi) is 5.20. The summed E-state index contributed by atoms with van der Waals surface area (Å²) in [6.45, 7) is 7.13. The fourth-order valence-corrected chi connectivity index (χ4v) is 5.63. The van der Waals surface area contributed by atoms with Crippen LogP contribution in [0.4, 0.5) is 5.69 Å². The number of aromatic nitrogens is 2. The van der Waals surface area contributed by atoms with Gasteiger partial charge in [-0.05, 0) is 49.3 Å². The van der Waals surface area contributed by atoms with Crippen LogP contribution in [-0.2, 0) is 11.2 Å². The number of nitrogens with one attached hydrogen (secondary N) is 1. The molecule has 1 atom stereocenters. The minimum absolute atomic E-state index is 0.199. The third kappa shape index (κ3) is 3.71. The monoisotopic (exact) mass is 416 g/mol. The van der Waals surface area contributed by atoms with Crippen LogP contribution in [0.15, 0.2) is 54.9 Å². The molecule has 1 amide bonds. The highest BCUT2D eigenvalue weighted by Crippen LogP contribution is 2.46. The molecule has 1 N–H and O–H groups in total. The van der Waals surface area contributed by atoms with Crippen molar-refractivity contribution in [3.8, 4) is 0 Å². The summed E-state index contributed by atoms with van der Waals surface area (Å²) in [5.74, 6) is 0.874. The van der Waals surface area contributed by atoms with Gasteiger partial charge in [-0.25, -0.2) is 4.98 Å². The molecule has 1 spiro atoms. The Labute approximate surface area is 184 Å². The standard InChI is InChI=1S/C26H32N4O/c1-19(2)18-30-21(16-20-6-4-3-5-7-20)17-26(25(30)31)10-14-29(15-11-26)23-9-13-28-24-22(23)8-12-27-24/h3-9,12-13,19,21H,10-11,14-18H2,1-2H3,(H,27,28). The van der Waals surface area contributed by atoms with E-state index in [0.29, 0.717) is 17.9 Å². The van der Waals surface area contributed by atoms with Gasteiger partial charge < -0.3 is 14.8 Å². The second kappa shape index (κ2) is 8.03. The highest BCUT2D eigenvalue weighted by molar-refractivity contribution is 5.90. The van der Waals surface area contributed by atoms with Crippen LogP contribution in [0.25, 0.3) is 11.0 Å². The summed E-state index contributed by atoms with van der Waals surface area (Å²) in [6.07, 6.45) is 7.63. The van der Waals surface area contributed by atoms with Crippen molar-refractivity contribution >= 4 is 22.6 Å². The zero-order valence-corrected chi connectivity index (χ0v) is 18.6. The van der Waals surface area contributed by atoms with Gasteiger partial charge in [-0.1, -0.05) is 44.2 Å². The fourth-order valence-electron chi connectivity index (χ4n) is 5.63. The third-order valence-electron chi connectivity index (χ3n) is 7.16. The molecule has 2 aromatic heterocycles. The predicted octanol–water partition coefficient (Wildman–Crippen LogP) is 4.65. The molecule has 0 saturated carbocycles. The molecule has 2 aliphatic rings. The molecule has 1 unspecified atom stereocenters. The molecule has 31 heavy (non-hydrogen) atoms. The van der Waals surface area contributed by atoms with Crippen LogP contribution >= 0.6 is 0 Å². The maximum atomic E-state index is 13.7. The van der Waals surface area contributed by atoms with E-state index in [1.54, 1.807) is 0 Å². The van der Waals surface area contributed by atoms with E-state index in [2.05, 4.69) is 76.1 Å². The Morgan fingerprint density at radius 3 is 2.65 bits per heavy atom. The van der Waals surface area contributed by atoms with Gasteiger partial charge in [0.25, 0.3) is 0 Å². The number of nitrogens with zero attached hydrogens (tertiary/aromatic N) is 3. The first-order valence-corrected chi connectivity index (χ1v) is 11.6. The number of hydrogen-bond donors (Lipinski definition) is 1. The summed E-state index contributed by atoms with van der Waals surface area (Å²) in [5, 5.41) is 1.17. The SMILES string of the molecule is CC(C)CN1C(=O)C2(CCN(c3ccnc4[nH]ccc34)CC2)CC1Cc1ccccc1. The lowest BCUT2D eigenvalue weighted by molar-refractivity contribution is -0.138. The van der Waals surface area contributed by atoms with E-state index in [1.165, 1.54) is 16.6 Å². The number of pyridine rings is 1. The van der Waals surface area contributed by atoms with Crippen molar-refractivity contribution in [1.82, 2.24) is 14.9 Å². The number of fused-ring (bicyclic) bond motifs is 1. The first-order valence-electron chi connectivity index (χ1n) is 11.6. The Balaban J connectivity index is 1.36. The number of rotatable bonds is 5. The Morgan fingerprint density at radius 1 is 1.13 bits per heavy atom. The van der Waals surface area contributed by atoms with Crippen LogP contribution in [0.5, 0.6) is 0 Å². The number of aromatic amines is 1. The Morgan fingerprint density at radius 2 is 1.90 bits per heavy atom. The lowest BCUT2D eigenvalue weighted by Crippen LogP contribution is -2.45. The minimum Gasteiger partial charge on any atom is -0.371 e. The lowest BCUT2D eigenvalue weighted by atomic mass is 9.75. The Bertz CT molecular complexity index is 1050. The van der Waals surface area contributed by atoms with E-state index in [4.69, 9.17) is 0 Å². The van der Waals surface area contributed by atoms with Crippen molar-refractivity contribution in [2.75, 3.05) is 24.5 Å². The summed E-state index contributed by atoms with van der Waals surface area (Å²) in [4.78, 5) is 26.0. The molecule has 0 bridgehead atoms. The van der Waals surface area contributed by atoms with Crippen molar-refractivity contribution in [2.45, 2.75) is 45.6 Å². The van der Waals surface area contributed by atoms with Crippen molar-refractivity contribution in [1.29, 1.82) is 0 Å². The van der Waals surface area contributed by atoms with Gasteiger partial charge in [-0.15, -0.1) is 0 Å². The maximum Gasteiger partial charge on any atom is 0.229 e. The van der Waals surface area contributed by atoms with E-state index in [0.717, 1.165) is 51.0 Å². The van der Waals surface area contributed by atoms with Gasteiger partial charge in [0.2, 0.25) is 5.91 Å². The van der Waals surface area contributed by atoms with E-state index < -0.39 is 0 Å². The molecule has 3 aromatic rings. The average molecular weight is 417 g/mol. The molecule has 5 nitrogen and oxygen atoms in total. The van der Waals surface area contributed by atoms with E-state index in [1.807, 2.05) is 12.4 Å². The third-order valence-corrected chi connectivity index (χ3v) is 7.16. The van der Waals surface area contributed by atoms with Crippen LogP contribution in [0.2, 0.25) is 0 Å². The van der Waals surface area contributed by atoms with Crippen LogP contribution < -0.4 is 4.90 Å². The number of H-pyrrole nitrogens is 1. The quantitative estimate of drug-likeness (QED) is 0.659. The molecular weight excluding hydrogens is 384 g/mol. The molecule has 2 aliphatic heterocycles. The zero-order chi connectivity index (χ0) is 21.4. The zero-order valence-electron chi connectivity index (χ0n) is 18.6. The summed E-state index contributed by atoms with van der Waals surface area (Å²) in [5.41, 5.74) is 3.29. The molecular formula is C26H32N4O. The summed E-state index contributed by atoms with van der Waals surface area (Å²) >= 11 is 0. The van der Waals surface area contributed by atoms with Gasteiger partial charge in [0, 0.05) is 49.1 Å². The van der Waals surface area contributed by atoms with E-state index in [9.17, 15) is 4.79 Å². The van der Waals surface area contributed by atoms with Crippen LogP contribution in [0, 0.1) is 11.3 Å². The highest BCUT2D eigenvalue weighted by Gasteiger charge is 2.52. The number of piperidine rings is 1. The predicted molar refractivity (Wildman–Crippen MR) is 125 cm³/mol. The van der Waals surface area contributed by atoms with Crippen molar-refractivity contribution in [3.05, 3.63) is 60.4 Å². The highest BCUT2D eigenvalue weighted by atomic mass is 16.2. The van der Waals surface area contributed by atoms with Gasteiger partial charge in [-0.3, -0.25) is 4.79 Å². The molecule has 2 fully saturated rings. The van der Waals surface area contributed by atoms with Gasteiger partial charge in [0.15, 0.2) is 0 Å². The van der Waals surface area contributed by atoms with Crippen molar-refractivity contribution in [3.63, 3.8) is 0 Å². The molecule has 5 rings (SSSR count). The normalized spacial score (nSPS) is 21.0. The van der Waals surface area contributed by atoms with Crippen LogP contribution in [0.3, 0.4) is 0 Å². The molecule has 4 heterocycles. The average Bonchev–Trinajstić information content (AvgIpc) is 3.34. The summed E-state index contributed by atoms with van der Waals surface area (Å²) < 4.78 is 0. The first kappa shape index (κ1) is 20.1. The van der Waals surface area contributed by atoms with Gasteiger partial charge in [-0.2, -0.15) is 0 Å². The molecule has 0 radical (unpaired) electrons. The molecule has 2 saturated heterocycles. The molecule has 0 aliphatic carbocycles. The van der Waals surface area contributed by atoms with Crippen LogP contribution in [-0.4, -0.2) is 46.5 Å². The number of anilines is 1. The van der Waals surface area contributed by atoms with Gasteiger partial charge >= 0.3 is 0 Å². The maximum absolute atomic E-state index is 13.7. The summed E-state index contributed by atoms with van der Waals surface area (Å²) in [6, 6.07) is 15.2. The van der Waals surface area contributed by atoms with Crippen molar-refractivity contribution in [2.24, 2.45) is 11.3 Å². The van der Waals surface area contributed by atoms with Crippen molar-refractivity contribution < 1.29 is 4.79 Å². The Hall–Kier alpha value is -2.82. The van der Waals surface area contributed by atoms with Crippen LogP contribution in [0.1, 0.15) is 38.7 Å². The fraction of sp³-hybridized carbons (Fsp3) is 0.462. The smallest absolute Gasteiger partial charge is 0.229 e. The van der Waals surface area contributed by atoms with E-state index >= 15 is 0 Å². The van der Waals surface area contributed by atoms with Gasteiger partial charge in [0.1, 0.15) is 5.65 Å². The van der Waals surface area contributed by atoms with E-state index in [-0.39, 0.29) is 5.41 Å². The number of carbonyl (C=O) groups is 1. The number of amides is 1. The first-order chi connectivity index (χ1) is 15.1. The minimum atomic E-state index is -0.199. The molecule has 1 aromatic carbocycles. The second-order valence-electron chi connectivity index (χ2n) is 9.74. The lowest BCUT2D eigenvalue weighted by Gasteiger charge is -2.39. The second-order valence-corrected chi connectivity index (χ2v) is 9.74.